The molecule has 2 unspecified atom stereocenters. The minimum Gasteiger partial charge on any atom is -0.387 e. The van der Waals surface area contributed by atoms with E-state index in [1.165, 1.54) is 0 Å². The molecule has 0 saturated carbocycles. The van der Waals surface area contributed by atoms with E-state index in [1.54, 1.807) is 31.2 Å². The molecule has 6 heteroatoms. The third-order valence-corrected chi connectivity index (χ3v) is 2.78. The number of amides is 1. The lowest BCUT2D eigenvalue weighted by molar-refractivity contribution is -0.124. The number of nitrogens with one attached hydrogen (secondary N) is 1. The van der Waals surface area contributed by atoms with Gasteiger partial charge >= 0.3 is 0 Å². The third kappa shape index (κ3) is 5.23. The van der Waals surface area contributed by atoms with Gasteiger partial charge in [-0.3, -0.25) is 4.79 Å². The van der Waals surface area contributed by atoms with Crippen molar-refractivity contribution in [3.63, 3.8) is 0 Å². The molecule has 1 rings (SSSR count). The van der Waals surface area contributed by atoms with E-state index in [0.29, 0.717) is 11.6 Å². The number of carbonyl (C=O) groups excluding carboxylic acids is 1. The van der Waals surface area contributed by atoms with Gasteiger partial charge in [-0.05, 0) is 17.7 Å². The minimum absolute atomic E-state index is 0. The number of hydrogen-bond acceptors (Lipinski definition) is 3. The van der Waals surface area contributed by atoms with Crippen LogP contribution in [0.1, 0.15) is 18.6 Å². The quantitative estimate of drug-likeness (QED) is 0.770. The van der Waals surface area contributed by atoms with E-state index in [0.717, 1.165) is 5.56 Å². The molecule has 0 fully saturated rings. The van der Waals surface area contributed by atoms with Crippen LogP contribution in [0.3, 0.4) is 0 Å². The Morgan fingerprint density at radius 3 is 2.50 bits per heavy atom. The number of aliphatic hydroxyl groups excluding tert-OH is 1. The summed E-state index contributed by atoms with van der Waals surface area (Å²) in [6.07, 6.45) is -0.735. The van der Waals surface area contributed by atoms with Crippen LogP contribution in [0.25, 0.3) is 0 Å². The molecule has 0 aliphatic rings. The van der Waals surface area contributed by atoms with Crippen molar-refractivity contribution in [2.24, 2.45) is 11.7 Å². The second kappa shape index (κ2) is 8.32. The van der Waals surface area contributed by atoms with Crippen molar-refractivity contribution in [3.8, 4) is 0 Å². The molecule has 0 aromatic heterocycles. The number of rotatable bonds is 5. The van der Waals surface area contributed by atoms with Gasteiger partial charge in [0.15, 0.2) is 0 Å². The Morgan fingerprint density at radius 1 is 1.44 bits per heavy atom. The molecule has 0 aliphatic carbocycles. The van der Waals surface area contributed by atoms with E-state index < -0.39 is 6.10 Å². The molecule has 0 saturated heterocycles. The second-order valence-electron chi connectivity index (χ2n) is 3.95. The van der Waals surface area contributed by atoms with Gasteiger partial charge in [0.1, 0.15) is 0 Å². The van der Waals surface area contributed by atoms with Crippen LogP contribution in [0.2, 0.25) is 5.02 Å². The van der Waals surface area contributed by atoms with Gasteiger partial charge in [0.2, 0.25) is 5.91 Å². The first-order chi connectivity index (χ1) is 8.04. The summed E-state index contributed by atoms with van der Waals surface area (Å²) in [5.41, 5.74) is 6.09. The van der Waals surface area contributed by atoms with Crippen LogP contribution in [0.4, 0.5) is 0 Å². The van der Waals surface area contributed by atoms with Gasteiger partial charge in [0.25, 0.3) is 0 Å². The second-order valence-corrected chi connectivity index (χ2v) is 4.39. The van der Waals surface area contributed by atoms with E-state index in [-0.39, 0.29) is 30.8 Å². The van der Waals surface area contributed by atoms with Crippen LogP contribution in [0.5, 0.6) is 0 Å². The number of aliphatic hydroxyl groups is 1. The number of hydrogen-bond donors (Lipinski definition) is 3. The Bertz CT molecular complexity index is 371. The lowest BCUT2D eigenvalue weighted by Crippen LogP contribution is -2.35. The van der Waals surface area contributed by atoms with Gasteiger partial charge in [0, 0.05) is 24.0 Å². The van der Waals surface area contributed by atoms with Crippen LogP contribution < -0.4 is 11.1 Å². The summed E-state index contributed by atoms with van der Waals surface area (Å²) in [7, 11) is 0. The first kappa shape index (κ1) is 17.2. The van der Waals surface area contributed by atoms with Crippen LogP contribution in [0, 0.1) is 5.92 Å². The molecule has 1 aromatic rings. The number of benzene rings is 1. The fourth-order valence-corrected chi connectivity index (χ4v) is 1.41. The molecule has 0 bridgehead atoms. The molecule has 102 valence electrons. The highest BCUT2D eigenvalue weighted by Crippen LogP contribution is 2.15. The summed E-state index contributed by atoms with van der Waals surface area (Å²) in [6, 6.07) is 6.85. The minimum atomic E-state index is -0.735. The van der Waals surface area contributed by atoms with Gasteiger partial charge in [-0.2, -0.15) is 0 Å². The average molecular weight is 293 g/mol. The van der Waals surface area contributed by atoms with Gasteiger partial charge in [0.05, 0.1) is 6.10 Å². The SMILES string of the molecule is CC(CN)C(=O)NCC(O)c1ccc(Cl)cc1.Cl. The van der Waals surface area contributed by atoms with Crippen molar-refractivity contribution in [2.75, 3.05) is 13.1 Å². The topological polar surface area (TPSA) is 75.4 Å². The molecule has 0 radical (unpaired) electrons. The molecule has 4 N–H and O–H groups in total. The summed E-state index contributed by atoms with van der Waals surface area (Å²) in [5, 5.41) is 13.1. The molecule has 1 amide bonds. The maximum atomic E-state index is 11.4. The Balaban J connectivity index is 0.00000289. The van der Waals surface area contributed by atoms with E-state index in [1.807, 2.05) is 0 Å². The average Bonchev–Trinajstić information content (AvgIpc) is 2.35. The van der Waals surface area contributed by atoms with Crippen molar-refractivity contribution >= 4 is 29.9 Å². The smallest absolute Gasteiger partial charge is 0.224 e. The largest absolute Gasteiger partial charge is 0.387 e. The lowest BCUT2D eigenvalue weighted by Gasteiger charge is -2.14. The lowest BCUT2D eigenvalue weighted by atomic mass is 10.1. The monoisotopic (exact) mass is 292 g/mol. The third-order valence-electron chi connectivity index (χ3n) is 2.53. The first-order valence-corrected chi connectivity index (χ1v) is 5.83. The highest BCUT2D eigenvalue weighted by Gasteiger charge is 2.13. The van der Waals surface area contributed by atoms with Crippen molar-refractivity contribution in [3.05, 3.63) is 34.9 Å². The molecule has 0 heterocycles. The highest BCUT2D eigenvalue weighted by atomic mass is 35.5. The summed E-state index contributed by atoms with van der Waals surface area (Å²) in [4.78, 5) is 11.4. The van der Waals surface area contributed by atoms with Gasteiger partial charge < -0.3 is 16.2 Å². The Labute approximate surface area is 118 Å². The molecule has 18 heavy (non-hydrogen) atoms. The van der Waals surface area contributed by atoms with Crippen molar-refractivity contribution in [2.45, 2.75) is 13.0 Å². The Kier molecular flexibility index (Phi) is 7.95. The number of halogens is 2. The van der Waals surface area contributed by atoms with E-state index >= 15 is 0 Å². The van der Waals surface area contributed by atoms with E-state index in [2.05, 4.69) is 5.32 Å². The molecular weight excluding hydrogens is 275 g/mol. The highest BCUT2D eigenvalue weighted by molar-refractivity contribution is 6.30. The van der Waals surface area contributed by atoms with E-state index in [9.17, 15) is 9.90 Å². The molecule has 0 aliphatic heterocycles. The molecule has 2 atom stereocenters. The van der Waals surface area contributed by atoms with Gasteiger partial charge in [-0.1, -0.05) is 30.7 Å². The first-order valence-electron chi connectivity index (χ1n) is 5.46. The van der Waals surface area contributed by atoms with Crippen LogP contribution in [-0.4, -0.2) is 24.1 Å². The molecule has 0 spiro atoms. The maximum Gasteiger partial charge on any atom is 0.224 e. The van der Waals surface area contributed by atoms with Crippen molar-refractivity contribution in [1.82, 2.24) is 5.32 Å². The predicted molar refractivity (Wildman–Crippen MR) is 74.9 cm³/mol. The van der Waals surface area contributed by atoms with Crippen LogP contribution >= 0.6 is 24.0 Å². The standard InChI is InChI=1S/C12H17ClN2O2.ClH/c1-8(6-14)12(17)15-7-11(16)9-2-4-10(13)5-3-9;/h2-5,8,11,16H,6-7,14H2,1H3,(H,15,17);1H. The number of carbonyl (C=O) groups is 1. The van der Waals surface area contributed by atoms with Gasteiger partial charge in [-0.25, -0.2) is 0 Å². The zero-order chi connectivity index (χ0) is 12.8. The molecular formula is C12H18Cl2N2O2. The summed E-state index contributed by atoms with van der Waals surface area (Å²) < 4.78 is 0. The zero-order valence-corrected chi connectivity index (χ0v) is 11.7. The van der Waals surface area contributed by atoms with Gasteiger partial charge in [-0.15, -0.1) is 12.4 Å². The van der Waals surface area contributed by atoms with Crippen LogP contribution in [0.15, 0.2) is 24.3 Å². The fourth-order valence-electron chi connectivity index (χ4n) is 1.28. The summed E-state index contributed by atoms with van der Waals surface area (Å²) in [5.74, 6) is -0.395. The van der Waals surface area contributed by atoms with Crippen molar-refractivity contribution < 1.29 is 9.90 Å². The summed E-state index contributed by atoms with van der Waals surface area (Å²) in [6.45, 7) is 2.21. The fraction of sp³-hybridized carbons (Fsp3) is 0.417. The zero-order valence-electron chi connectivity index (χ0n) is 10.1. The normalized spacial score (nSPS) is 13.3. The Hall–Kier alpha value is -0.810. The van der Waals surface area contributed by atoms with Crippen molar-refractivity contribution in [1.29, 1.82) is 0 Å². The molecule has 4 nitrogen and oxygen atoms in total. The number of nitrogens with two attached hydrogens (primary N) is 1. The Morgan fingerprint density at radius 2 is 2.00 bits per heavy atom. The predicted octanol–water partition coefficient (Wildman–Crippen LogP) is 1.51. The maximum absolute atomic E-state index is 11.4. The van der Waals surface area contributed by atoms with E-state index in [4.69, 9.17) is 17.3 Å². The van der Waals surface area contributed by atoms with Crippen LogP contribution in [-0.2, 0) is 4.79 Å². The molecule has 1 aromatic carbocycles. The summed E-state index contributed by atoms with van der Waals surface area (Å²) >= 11 is 5.74.